The predicted octanol–water partition coefficient (Wildman–Crippen LogP) is 8.17. The number of aromatic nitrogens is 3. The van der Waals surface area contributed by atoms with E-state index in [-0.39, 0.29) is 52.4 Å². The molecule has 0 radical (unpaired) electrons. The average molecular weight is 977 g/mol. The van der Waals surface area contributed by atoms with Crippen molar-refractivity contribution in [2.75, 3.05) is 81.9 Å². The van der Waals surface area contributed by atoms with Crippen LogP contribution < -0.4 is 19.9 Å². The molecule has 2 aromatic heterocycles. The molecule has 7 heterocycles. The van der Waals surface area contributed by atoms with Crippen molar-refractivity contribution < 1.29 is 41.7 Å². The lowest BCUT2D eigenvalue weighted by Gasteiger charge is -2.55. The van der Waals surface area contributed by atoms with Crippen LogP contribution in [0.1, 0.15) is 94.6 Å². The maximum Gasteiger partial charge on any atom is 0.319 e. The number of rotatable bonds is 11. The van der Waals surface area contributed by atoms with Gasteiger partial charge < -0.3 is 29.3 Å². The SMILES string of the molecule is CCc1c(F)ccc2cc(O)cc(-c3ncc4c(N5CCC[C@]6(CCO6)C5)nc(OCC5(CN6CC7(CCC(N8CCN(c9cc(F)c(C%10CCC(=O)NC%10=O)c(F)c9)CC8)CC7)C6)CC5)nc4c3F)c12. The van der Waals surface area contributed by atoms with Gasteiger partial charge in [-0.2, -0.15) is 9.97 Å². The van der Waals surface area contributed by atoms with Crippen molar-refractivity contribution in [2.45, 2.75) is 102 Å². The molecule has 17 heteroatoms. The second-order valence-corrected chi connectivity index (χ2v) is 21.8. The van der Waals surface area contributed by atoms with Crippen LogP contribution in [0.5, 0.6) is 11.8 Å². The Morgan fingerprint density at radius 2 is 1.62 bits per heavy atom. The molecule has 374 valence electrons. The molecule has 2 atom stereocenters. The Morgan fingerprint density at radius 1 is 0.859 bits per heavy atom. The van der Waals surface area contributed by atoms with Crippen LogP contribution in [0.2, 0.25) is 0 Å². The highest BCUT2D eigenvalue weighted by Gasteiger charge is 2.52. The van der Waals surface area contributed by atoms with Crippen molar-refractivity contribution in [1.29, 1.82) is 0 Å². The highest BCUT2D eigenvalue weighted by molar-refractivity contribution is 6.02. The third-order valence-corrected chi connectivity index (χ3v) is 17.2. The maximum atomic E-state index is 17.2. The molecule has 71 heavy (non-hydrogen) atoms. The number of phenolic OH excluding ortho intramolecular Hbond substituents is 1. The number of fused-ring (bicyclic) bond motifs is 2. The van der Waals surface area contributed by atoms with Crippen molar-refractivity contribution in [3.8, 4) is 23.0 Å². The molecule has 13 nitrogen and oxygen atoms in total. The van der Waals surface area contributed by atoms with Crippen LogP contribution in [0.25, 0.3) is 32.9 Å². The molecule has 1 unspecified atom stereocenters. The first-order valence-electron chi connectivity index (χ1n) is 25.7. The van der Waals surface area contributed by atoms with Crippen LogP contribution in [0.4, 0.5) is 29.1 Å². The zero-order chi connectivity index (χ0) is 48.8. The van der Waals surface area contributed by atoms with Gasteiger partial charge in [0.1, 0.15) is 40.2 Å². The molecule has 2 spiro atoms. The van der Waals surface area contributed by atoms with Crippen LogP contribution >= 0.6 is 0 Å². The molecule has 7 fully saturated rings. The highest BCUT2D eigenvalue weighted by atomic mass is 19.1. The number of imide groups is 1. The molecule has 2 N–H and O–H groups in total. The smallest absolute Gasteiger partial charge is 0.319 e. The summed E-state index contributed by atoms with van der Waals surface area (Å²) in [5.41, 5.74) is 0.946. The molecule has 5 aromatic rings. The number of carbonyl (C=O) groups is 2. The molecule has 7 aliphatic rings. The summed E-state index contributed by atoms with van der Waals surface area (Å²) in [6, 6.07) is 9.18. The van der Waals surface area contributed by atoms with Crippen molar-refractivity contribution >= 4 is 45.0 Å². The monoisotopic (exact) mass is 976 g/mol. The Bertz CT molecular complexity index is 2920. The fraction of sp³-hybridized carbons (Fsp3) is 0.537. The minimum atomic E-state index is -1.01. The topological polar surface area (TPSA) is 136 Å². The summed E-state index contributed by atoms with van der Waals surface area (Å²) < 4.78 is 75.7. The molecule has 2 amide bonds. The van der Waals surface area contributed by atoms with Gasteiger partial charge in [-0.05, 0) is 116 Å². The molecule has 5 saturated heterocycles. The minimum Gasteiger partial charge on any atom is -0.508 e. The van der Waals surface area contributed by atoms with Crippen molar-refractivity contribution in [1.82, 2.24) is 30.1 Å². The molecule has 5 aliphatic heterocycles. The summed E-state index contributed by atoms with van der Waals surface area (Å²) in [5, 5.41) is 14.5. The third kappa shape index (κ3) is 8.52. The lowest BCUT2D eigenvalue weighted by Crippen LogP contribution is -2.60. The van der Waals surface area contributed by atoms with Gasteiger partial charge >= 0.3 is 6.01 Å². The minimum absolute atomic E-state index is 0.0305. The quantitative estimate of drug-likeness (QED) is 0.0977. The van der Waals surface area contributed by atoms with Gasteiger partial charge in [0.25, 0.3) is 0 Å². The average Bonchev–Trinajstić information content (AvgIpc) is 4.12. The number of pyridine rings is 1. The Balaban J connectivity index is 0.694. The number of nitrogens with zero attached hydrogens (tertiary/aromatic N) is 7. The standard InChI is InChI=1S/C54H60F4N8O5/c1-2-36-40(55)6-4-32-22-35(67)25-38(44(32)36)47-46(58)48-39(26-59-47)49(66-16-3-10-54(30-66)15-21-71-54)62-51(61-48)70-31-53(13-14-53)29-63-27-52(28-63)11-8-33(9-12-52)64-17-19-65(20-18-64)34-23-41(56)45(42(57)24-34)37-5-7-43(68)60-50(37)69/h4,6,22-26,33,37,67H,2-3,5,7-21,27-31H2,1H3,(H,60,68,69)/t37?,54-/m0/s1. The Kier molecular flexibility index (Phi) is 11.7. The number of hydrogen-bond acceptors (Lipinski definition) is 12. The fourth-order valence-corrected chi connectivity index (χ4v) is 13.1. The van der Waals surface area contributed by atoms with Crippen LogP contribution in [-0.4, -0.2) is 125 Å². The number of likely N-dealkylation sites (tertiary alicyclic amines) is 1. The van der Waals surface area contributed by atoms with Crippen molar-refractivity contribution in [3.05, 3.63) is 77.0 Å². The van der Waals surface area contributed by atoms with Gasteiger partial charge in [-0.1, -0.05) is 13.0 Å². The summed E-state index contributed by atoms with van der Waals surface area (Å²) in [7, 11) is 0. The normalized spacial score (nSPS) is 24.7. The van der Waals surface area contributed by atoms with Crippen LogP contribution in [0, 0.1) is 34.1 Å². The first-order valence-corrected chi connectivity index (χ1v) is 25.7. The van der Waals surface area contributed by atoms with Crippen molar-refractivity contribution in [2.24, 2.45) is 10.8 Å². The number of amides is 2. The Morgan fingerprint density at radius 3 is 2.31 bits per heavy atom. The number of carbonyl (C=O) groups excluding carboxylic acids is 2. The lowest BCUT2D eigenvalue weighted by atomic mass is 9.67. The van der Waals surface area contributed by atoms with E-state index >= 15 is 17.6 Å². The van der Waals surface area contributed by atoms with Crippen LogP contribution in [0.15, 0.2) is 42.6 Å². The van der Waals surface area contributed by atoms with Crippen LogP contribution in [0.3, 0.4) is 0 Å². The number of benzene rings is 3. The number of piperidine rings is 2. The van der Waals surface area contributed by atoms with Gasteiger partial charge in [0.2, 0.25) is 11.8 Å². The summed E-state index contributed by atoms with van der Waals surface area (Å²) in [5.74, 6) is -4.21. The number of hydrogen-bond donors (Lipinski definition) is 2. The van der Waals surface area contributed by atoms with E-state index in [0.29, 0.717) is 89.5 Å². The van der Waals surface area contributed by atoms with E-state index in [1.807, 2.05) is 11.8 Å². The van der Waals surface area contributed by atoms with Gasteiger partial charge in [0.15, 0.2) is 5.82 Å². The van der Waals surface area contributed by atoms with Gasteiger partial charge in [-0.3, -0.25) is 24.8 Å². The number of halogens is 4. The number of piperazine rings is 1. The fourth-order valence-electron chi connectivity index (χ4n) is 13.1. The van der Waals surface area contributed by atoms with E-state index < -0.39 is 41.0 Å². The maximum absolute atomic E-state index is 17.2. The summed E-state index contributed by atoms with van der Waals surface area (Å²) >= 11 is 0. The third-order valence-electron chi connectivity index (χ3n) is 17.2. The summed E-state index contributed by atoms with van der Waals surface area (Å²) in [4.78, 5) is 47.6. The number of phenols is 1. The largest absolute Gasteiger partial charge is 0.508 e. The number of ether oxygens (including phenoxy) is 2. The lowest BCUT2D eigenvalue weighted by molar-refractivity contribution is -0.151. The number of anilines is 2. The molecule has 0 bridgehead atoms. The Labute approximate surface area is 409 Å². The van der Waals surface area contributed by atoms with E-state index in [1.165, 1.54) is 24.3 Å². The van der Waals surface area contributed by atoms with E-state index in [9.17, 15) is 14.7 Å². The predicted molar refractivity (Wildman–Crippen MR) is 260 cm³/mol. The molecule has 2 aliphatic carbocycles. The molecular formula is C54H60F4N8O5. The van der Waals surface area contributed by atoms with Gasteiger partial charge in [0.05, 0.1) is 30.1 Å². The number of nitrogens with one attached hydrogen (secondary N) is 1. The zero-order valence-electron chi connectivity index (χ0n) is 40.2. The molecular weight excluding hydrogens is 917 g/mol. The van der Waals surface area contributed by atoms with E-state index in [1.54, 1.807) is 18.3 Å². The van der Waals surface area contributed by atoms with E-state index in [2.05, 4.69) is 25.0 Å². The van der Waals surface area contributed by atoms with Crippen LogP contribution in [-0.2, 0) is 20.7 Å². The molecule has 2 saturated carbocycles. The van der Waals surface area contributed by atoms with Gasteiger partial charge in [0, 0.05) is 106 Å². The van der Waals surface area contributed by atoms with E-state index in [0.717, 1.165) is 97.1 Å². The number of aromatic hydroxyl groups is 1. The van der Waals surface area contributed by atoms with Crippen molar-refractivity contribution in [3.63, 3.8) is 0 Å². The first kappa shape index (κ1) is 46.4. The summed E-state index contributed by atoms with van der Waals surface area (Å²) in [6.07, 6.45) is 11.5. The van der Waals surface area contributed by atoms with Gasteiger partial charge in [-0.15, -0.1) is 0 Å². The molecule has 12 rings (SSSR count). The highest BCUT2D eigenvalue weighted by Crippen LogP contribution is 2.52. The second-order valence-electron chi connectivity index (χ2n) is 21.8. The summed E-state index contributed by atoms with van der Waals surface area (Å²) in [6.45, 7) is 10.2. The zero-order valence-corrected chi connectivity index (χ0v) is 40.2. The van der Waals surface area contributed by atoms with Gasteiger partial charge in [-0.25, -0.2) is 17.6 Å². The molecule has 3 aromatic carbocycles. The second kappa shape index (κ2) is 17.8. The first-order chi connectivity index (χ1) is 34.3. The van der Waals surface area contributed by atoms with E-state index in [4.69, 9.17) is 19.4 Å². The number of aryl methyl sites for hydroxylation is 1. The Hall–Kier alpha value is -5.65.